The number of hydrogen-bond acceptors (Lipinski definition) is 3. The molecule has 0 radical (unpaired) electrons. The standard InChI is InChI=1S/C2H6N4O.CH2O/c3-1(4)6-2(5)7;1-2/h(H6,3,4,5,6,7);1H2. The van der Waals surface area contributed by atoms with E-state index in [2.05, 4.69) is 11.5 Å². The van der Waals surface area contributed by atoms with Crippen LogP contribution >= 0.6 is 0 Å². The minimum Gasteiger partial charge on any atom is -0.370 e. The molecule has 0 fully saturated rings. The Kier molecular flexibility index (Phi) is 7.41. The Balaban J connectivity index is 0. The summed E-state index contributed by atoms with van der Waals surface area (Å²) in [7, 11) is 0. The molecule has 52 valence electrons. The monoisotopic (exact) mass is 132 g/mol. The van der Waals surface area contributed by atoms with E-state index >= 15 is 0 Å². The first-order valence-corrected chi connectivity index (χ1v) is 1.82. The second-order valence-corrected chi connectivity index (χ2v) is 0.903. The first-order chi connectivity index (χ1) is 4.13. The number of hydrogen-bond donors (Lipinski definition) is 4. The van der Waals surface area contributed by atoms with Crippen LogP contribution in [0.1, 0.15) is 0 Å². The zero-order valence-electron chi connectivity index (χ0n) is 4.68. The maximum atomic E-state index is 9.70. The maximum absolute atomic E-state index is 9.70. The molecule has 9 heavy (non-hydrogen) atoms. The number of amides is 2. The number of guanidine groups is 1. The Hall–Kier alpha value is -1.59. The van der Waals surface area contributed by atoms with Gasteiger partial charge in [0.1, 0.15) is 6.79 Å². The van der Waals surface area contributed by atoms with E-state index in [0.717, 1.165) is 0 Å². The van der Waals surface area contributed by atoms with Gasteiger partial charge >= 0.3 is 6.03 Å². The molecule has 0 saturated carbocycles. The van der Waals surface area contributed by atoms with Gasteiger partial charge in [-0.25, -0.2) is 4.79 Å². The summed E-state index contributed by atoms with van der Waals surface area (Å²) in [6.07, 6.45) is 0. The fraction of sp³-hybridized carbons (Fsp3) is 0. The third-order valence-electron chi connectivity index (χ3n) is 0.258. The van der Waals surface area contributed by atoms with Crippen molar-refractivity contribution in [1.29, 1.82) is 5.41 Å². The normalized spacial score (nSPS) is 6.22. The number of carbonyl (C=O) groups excluding carboxylic acids is 2. The average molecular weight is 132 g/mol. The van der Waals surface area contributed by atoms with E-state index in [-0.39, 0.29) is 0 Å². The van der Waals surface area contributed by atoms with Crippen molar-refractivity contribution in [2.24, 2.45) is 11.5 Å². The summed E-state index contributed by atoms with van der Waals surface area (Å²) in [6.45, 7) is 2.00. The number of urea groups is 1. The summed E-state index contributed by atoms with van der Waals surface area (Å²) in [5.41, 5.74) is 9.19. The second-order valence-electron chi connectivity index (χ2n) is 0.903. The number of carbonyl (C=O) groups is 2. The van der Waals surface area contributed by atoms with E-state index in [1.54, 1.807) is 5.32 Å². The quantitative estimate of drug-likeness (QED) is 0.233. The summed E-state index contributed by atoms with van der Waals surface area (Å²) in [4.78, 5) is 17.7. The van der Waals surface area contributed by atoms with Gasteiger partial charge in [0, 0.05) is 0 Å². The Bertz CT molecular complexity index is 100. The highest BCUT2D eigenvalue weighted by atomic mass is 16.2. The van der Waals surface area contributed by atoms with E-state index in [4.69, 9.17) is 10.2 Å². The summed E-state index contributed by atoms with van der Waals surface area (Å²) < 4.78 is 0. The number of primary amides is 1. The molecule has 0 unspecified atom stereocenters. The summed E-state index contributed by atoms with van der Waals surface area (Å²) in [5.74, 6) is -0.437. The highest BCUT2D eigenvalue weighted by Crippen LogP contribution is 1.48. The van der Waals surface area contributed by atoms with Crippen LogP contribution in [-0.2, 0) is 4.79 Å². The van der Waals surface area contributed by atoms with E-state index in [1.165, 1.54) is 0 Å². The fourth-order valence-electron chi connectivity index (χ4n) is 0.133. The van der Waals surface area contributed by atoms with Crippen molar-refractivity contribution in [2.75, 3.05) is 0 Å². The van der Waals surface area contributed by atoms with Crippen molar-refractivity contribution in [3.8, 4) is 0 Å². The van der Waals surface area contributed by atoms with Gasteiger partial charge in [0.25, 0.3) is 0 Å². The highest BCUT2D eigenvalue weighted by Gasteiger charge is 1.88. The smallest absolute Gasteiger partial charge is 0.318 e. The van der Waals surface area contributed by atoms with Crippen molar-refractivity contribution in [3.05, 3.63) is 0 Å². The van der Waals surface area contributed by atoms with E-state index < -0.39 is 12.0 Å². The van der Waals surface area contributed by atoms with Crippen molar-refractivity contribution >= 4 is 18.8 Å². The molecule has 6 heteroatoms. The fourth-order valence-corrected chi connectivity index (χ4v) is 0.133. The predicted octanol–water partition coefficient (Wildman–Crippen LogP) is -1.64. The molecular formula is C3H8N4O2. The van der Waals surface area contributed by atoms with Crippen LogP contribution in [-0.4, -0.2) is 18.8 Å². The number of nitrogens with two attached hydrogens (primary N) is 2. The lowest BCUT2D eigenvalue weighted by molar-refractivity contribution is -0.0979. The van der Waals surface area contributed by atoms with Crippen LogP contribution < -0.4 is 16.8 Å². The maximum Gasteiger partial charge on any atom is 0.318 e. The zero-order chi connectivity index (χ0) is 7.86. The average Bonchev–Trinajstić information content (AvgIpc) is 1.68. The van der Waals surface area contributed by atoms with Gasteiger partial charge in [-0.05, 0) is 0 Å². The van der Waals surface area contributed by atoms with Gasteiger partial charge in [-0.15, -0.1) is 0 Å². The lowest BCUT2D eigenvalue weighted by Gasteiger charge is -1.91. The molecule has 0 aliphatic rings. The topological polar surface area (TPSA) is 122 Å². The van der Waals surface area contributed by atoms with Crippen LogP contribution in [0.5, 0.6) is 0 Å². The van der Waals surface area contributed by atoms with Crippen LogP contribution in [0.4, 0.5) is 4.79 Å². The van der Waals surface area contributed by atoms with Crippen LogP contribution in [0.15, 0.2) is 0 Å². The molecule has 0 aliphatic heterocycles. The lowest BCUT2D eigenvalue weighted by Crippen LogP contribution is -2.39. The van der Waals surface area contributed by atoms with Gasteiger partial charge in [0.05, 0.1) is 0 Å². The molecule has 0 rings (SSSR count). The Morgan fingerprint density at radius 1 is 1.44 bits per heavy atom. The van der Waals surface area contributed by atoms with Crippen molar-refractivity contribution < 1.29 is 9.59 Å². The van der Waals surface area contributed by atoms with E-state index in [0.29, 0.717) is 0 Å². The molecule has 0 heterocycles. The Labute approximate surface area is 51.7 Å². The van der Waals surface area contributed by atoms with Crippen LogP contribution in [0, 0.1) is 5.41 Å². The molecule has 2 amide bonds. The molecule has 0 aromatic rings. The minimum absolute atomic E-state index is 0.437. The summed E-state index contributed by atoms with van der Waals surface area (Å²) in [6, 6.07) is -0.812. The third-order valence-corrected chi connectivity index (χ3v) is 0.258. The van der Waals surface area contributed by atoms with Gasteiger partial charge in [0.15, 0.2) is 5.96 Å². The van der Waals surface area contributed by atoms with Gasteiger partial charge in [-0.1, -0.05) is 0 Å². The summed E-state index contributed by atoms with van der Waals surface area (Å²) >= 11 is 0. The second kappa shape index (κ2) is 6.41. The Morgan fingerprint density at radius 3 is 1.78 bits per heavy atom. The largest absolute Gasteiger partial charge is 0.370 e. The summed E-state index contributed by atoms with van der Waals surface area (Å²) in [5, 5.41) is 8.20. The van der Waals surface area contributed by atoms with Crippen LogP contribution in [0.2, 0.25) is 0 Å². The predicted molar refractivity (Wildman–Crippen MR) is 31.8 cm³/mol. The van der Waals surface area contributed by atoms with Gasteiger partial charge in [-0.3, -0.25) is 10.7 Å². The van der Waals surface area contributed by atoms with Gasteiger partial charge in [0.2, 0.25) is 0 Å². The molecule has 6 nitrogen and oxygen atoms in total. The van der Waals surface area contributed by atoms with Gasteiger partial charge < -0.3 is 16.3 Å². The van der Waals surface area contributed by atoms with E-state index in [9.17, 15) is 4.79 Å². The third kappa shape index (κ3) is 21.5. The van der Waals surface area contributed by atoms with Gasteiger partial charge in [-0.2, -0.15) is 0 Å². The molecular weight excluding hydrogens is 124 g/mol. The first-order valence-electron chi connectivity index (χ1n) is 1.82. The van der Waals surface area contributed by atoms with Crippen LogP contribution in [0.3, 0.4) is 0 Å². The Morgan fingerprint density at radius 2 is 1.78 bits per heavy atom. The zero-order valence-corrected chi connectivity index (χ0v) is 4.68. The molecule has 6 N–H and O–H groups in total. The molecule has 0 saturated heterocycles. The van der Waals surface area contributed by atoms with Crippen molar-refractivity contribution in [2.45, 2.75) is 0 Å². The number of nitrogens with one attached hydrogen (secondary N) is 2. The SMILES string of the molecule is C=O.N=C(N)NC(N)=O. The van der Waals surface area contributed by atoms with Crippen molar-refractivity contribution in [3.63, 3.8) is 0 Å². The first kappa shape index (κ1) is 10.4. The lowest BCUT2D eigenvalue weighted by atomic mass is 10.9. The molecule has 0 aromatic carbocycles. The highest BCUT2D eigenvalue weighted by molar-refractivity contribution is 5.92. The molecule has 0 bridgehead atoms. The molecule has 0 aliphatic carbocycles. The van der Waals surface area contributed by atoms with E-state index in [1.807, 2.05) is 6.79 Å². The number of rotatable bonds is 0. The molecule has 0 aromatic heterocycles. The minimum atomic E-state index is -0.812. The molecule has 0 spiro atoms. The van der Waals surface area contributed by atoms with Crippen LogP contribution in [0.25, 0.3) is 0 Å². The molecule has 0 atom stereocenters. The van der Waals surface area contributed by atoms with Crippen molar-refractivity contribution in [1.82, 2.24) is 5.32 Å².